The number of carboxylic acid groups (broad SMARTS) is 1. The van der Waals surface area contributed by atoms with Crippen LogP contribution in [0, 0.1) is 0 Å². The van der Waals surface area contributed by atoms with E-state index >= 15 is 0 Å². The number of nitrogens with zero attached hydrogens (tertiary/aromatic N) is 1. The number of hydrogen-bond donors (Lipinski definition) is 2. The SMILES string of the molecule is COc1ccc(C(O)=C2C(=O)C(=O)N(CCCC(=O)O)[C@@H]2c2ccc(OC)cc2)cc1. The molecule has 8 heteroatoms. The Morgan fingerprint density at radius 1 is 0.935 bits per heavy atom. The van der Waals surface area contributed by atoms with Crippen molar-refractivity contribution in [3.05, 3.63) is 65.2 Å². The molecule has 0 spiro atoms. The Kier molecular flexibility index (Phi) is 6.59. The zero-order chi connectivity index (χ0) is 22.5. The first-order valence-corrected chi connectivity index (χ1v) is 9.66. The van der Waals surface area contributed by atoms with Gasteiger partial charge in [0.15, 0.2) is 0 Å². The van der Waals surface area contributed by atoms with Crippen molar-refractivity contribution in [3.8, 4) is 11.5 Å². The highest BCUT2D eigenvalue weighted by Gasteiger charge is 2.45. The second-order valence-electron chi connectivity index (χ2n) is 6.99. The van der Waals surface area contributed by atoms with Gasteiger partial charge in [-0.2, -0.15) is 0 Å². The molecule has 1 aliphatic heterocycles. The molecule has 1 saturated heterocycles. The van der Waals surface area contributed by atoms with Crippen LogP contribution in [0.4, 0.5) is 0 Å². The maximum atomic E-state index is 12.9. The van der Waals surface area contributed by atoms with Gasteiger partial charge in [-0.1, -0.05) is 12.1 Å². The van der Waals surface area contributed by atoms with Gasteiger partial charge in [0.25, 0.3) is 11.7 Å². The molecule has 31 heavy (non-hydrogen) atoms. The van der Waals surface area contributed by atoms with Crippen molar-refractivity contribution >= 4 is 23.4 Å². The van der Waals surface area contributed by atoms with Crippen molar-refractivity contribution in [2.45, 2.75) is 18.9 Å². The molecule has 1 fully saturated rings. The summed E-state index contributed by atoms with van der Waals surface area (Å²) in [5.74, 6) is -1.71. The predicted octanol–water partition coefficient (Wildman–Crippen LogP) is 2.99. The Morgan fingerprint density at radius 2 is 1.48 bits per heavy atom. The van der Waals surface area contributed by atoms with E-state index in [1.165, 1.54) is 19.1 Å². The number of amides is 1. The average molecular weight is 425 g/mol. The van der Waals surface area contributed by atoms with E-state index in [4.69, 9.17) is 14.6 Å². The molecule has 3 rings (SSSR count). The van der Waals surface area contributed by atoms with Crippen molar-refractivity contribution in [2.24, 2.45) is 0 Å². The topological polar surface area (TPSA) is 113 Å². The number of Topliss-reactive ketones (excluding diaryl/α,β-unsaturated/α-hetero) is 1. The van der Waals surface area contributed by atoms with Gasteiger partial charge < -0.3 is 24.6 Å². The van der Waals surface area contributed by atoms with Crippen LogP contribution in [-0.2, 0) is 14.4 Å². The summed E-state index contributed by atoms with van der Waals surface area (Å²) in [6.07, 6.45) is 0.0361. The highest BCUT2D eigenvalue weighted by atomic mass is 16.5. The summed E-state index contributed by atoms with van der Waals surface area (Å²) in [5.41, 5.74) is 0.920. The molecular formula is C23H23NO7. The summed E-state index contributed by atoms with van der Waals surface area (Å²) in [7, 11) is 3.04. The van der Waals surface area contributed by atoms with Crippen molar-refractivity contribution in [1.82, 2.24) is 4.90 Å². The molecular weight excluding hydrogens is 402 g/mol. The molecule has 0 aromatic heterocycles. The van der Waals surface area contributed by atoms with Crippen LogP contribution in [0.5, 0.6) is 11.5 Å². The smallest absolute Gasteiger partial charge is 0.303 e. The summed E-state index contributed by atoms with van der Waals surface area (Å²) in [6.45, 7) is 0.0625. The second-order valence-corrected chi connectivity index (χ2v) is 6.99. The number of carbonyl (C=O) groups excluding carboxylic acids is 2. The van der Waals surface area contributed by atoms with E-state index < -0.39 is 23.7 Å². The number of hydrogen-bond acceptors (Lipinski definition) is 6. The third-order valence-corrected chi connectivity index (χ3v) is 5.12. The minimum atomic E-state index is -0.990. The molecule has 1 atom stereocenters. The largest absolute Gasteiger partial charge is 0.507 e. The molecule has 2 aromatic rings. The Balaban J connectivity index is 2.07. The van der Waals surface area contributed by atoms with E-state index in [1.807, 2.05) is 0 Å². The van der Waals surface area contributed by atoms with Crippen molar-refractivity contribution in [2.75, 3.05) is 20.8 Å². The van der Waals surface area contributed by atoms with E-state index in [2.05, 4.69) is 0 Å². The van der Waals surface area contributed by atoms with Crippen LogP contribution >= 0.6 is 0 Å². The van der Waals surface area contributed by atoms with E-state index in [9.17, 15) is 19.5 Å². The van der Waals surface area contributed by atoms with E-state index in [0.717, 1.165) is 0 Å². The second kappa shape index (κ2) is 9.34. The summed E-state index contributed by atoms with van der Waals surface area (Å²) in [4.78, 5) is 37.9. The lowest BCUT2D eigenvalue weighted by Gasteiger charge is -2.25. The molecule has 1 aliphatic rings. The van der Waals surface area contributed by atoms with Crippen LogP contribution in [0.1, 0.15) is 30.0 Å². The number of benzene rings is 2. The predicted molar refractivity (Wildman–Crippen MR) is 112 cm³/mol. The van der Waals surface area contributed by atoms with Crippen LogP contribution < -0.4 is 9.47 Å². The average Bonchev–Trinajstić information content (AvgIpc) is 3.03. The molecule has 2 N–H and O–H groups in total. The third-order valence-electron chi connectivity index (χ3n) is 5.12. The van der Waals surface area contributed by atoms with Gasteiger partial charge >= 0.3 is 5.97 Å². The van der Waals surface area contributed by atoms with Gasteiger partial charge in [-0.25, -0.2) is 0 Å². The van der Waals surface area contributed by atoms with Crippen LogP contribution in [0.15, 0.2) is 54.1 Å². The zero-order valence-corrected chi connectivity index (χ0v) is 17.2. The molecule has 1 amide bonds. The van der Waals surface area contributed by atoms with Crippen molar-refractivity contribution < 1.29 is 34.1 Å². The lowest BCUT2D eigenvalue weighted by atomic mass is 9.95. The minimum Gasteiger partial charge on any atom is -0.507 e. The summed E-state index contributed by atoms with van der Waals surface area (Å²) in [6, 6.07) is 12.4. The quantitative estimate of drug-likeness (QED) is 0.380. The molecule has 1 heterocycles. The van der Waals surface area contributed by atoms with Gasteiger partial charge in [0.1, 0.15) is 17.3 Å². The molecule has 162 valence electrons. The Bertz CT molecular complexity index is 1010. The maximum absolute atomic E-state index is 12.9. The molecule has 0 aliphatic carbocycles. The first-order chi connectivity index (χ1) is 14.9. The van der Waals surface area contributed by atoms with E-state index in [-0.39, 0.29) is 30.7 Å². The van der Waals surface area contributed by atoms with Gasteiger partial charge in [0.2, 0.25) is 0 Å². The number of likely N-dealkylation sites (tertiary alicyclic amines) is 1. The summed E-state index contributed by atoms with van der Waals surface area (Å²) < 4.78 is 10.3. The molecule has 2 aromatic carbocycles. The van der Waals surface area contributed by atoms with Crippen molar-refractivity contribution in [3.63, 3.8) is 0 Å². The molecule has 0 saturated carbocycles. The molecule has 0 unspecified atom stereocenters. The van der Waals surface area contributed by atoms with Gasteiger partial charge in [-0.15, -0.1) is 0 Å². The van der Waals surface area contributed by atoms with Crippen molar-refractivity contribution in [1.29, 1.82) is 0 Å². The minimum absolute atomic E-state index is 0.0457. The number of ketones is 1. The fraction of sp³-hybridized carbons (Fsp3) is 0.261. The highest BCUT2D eigenvalue weighted by Crippen LogP contribution is 2.40. The monoisotopic (exact) mass is 425 g/mol. The maximum Gasteiger partial charge on any atom is 0.303 e. The van der Waals surface area contributed by atoms with Crippen LogP contribution in [0.3, 0.4) is 0 Å². The van der Waals surface area contributed by atoms with E-state index in [0.29, 0.717) is 22.6 Å². The number of carbonyl (C=O) groups is 3. The molecule has 0 bridgehead atoms. The lowest BCUT2D eigenvalue weighted by molar-refractivity contribution is -0.140. The zero-order valence-electron chi connectivity index (χ0n) is 17.2. The number of aliphatic hydroxyl groups is 1. The summed E-state index contributed by atoms with van der Waals surface area (Å²) in [5, 5.41) is 19.9. The number of rotatable bonds is 8. The summed E-state index contributed by atoms with van der Waals surface area (Å²) >= 11 is 0. The van der Waals surface area contributed by atoms with Gasteiger partial charge in [0, 0.05) is 18.5 Å². The fourth-order valence-electron chi connectivity index (χ4n) is 3.55. The first kappa shape index (κ1) is 21.9. The number of ether oxygens (including phenoxy) is 2. The third kappa shape index (κ3) is 4.53. The first-order valence-electron chi connectivity index (χ1n) is 9.66. The number of carboxylic acids is 1. The fourth-order valence-corrected chi connectivity index (χ4v) is 3.55. The van der Waals surface area contributed by atoms with E-state index in [1.54, 1.807) is 48.5 Å². The van der Waals surface area contributed by atoms with Crippen LogP contribution in [-0.4, -0.2) is 53.5 Å². The van der Waals surface area contributed by atoms with Gasteiger partial charge in [-0.05, 0) is 48.4 Å². The van der Waals surface area contributed by atoms with Gasteiger partial charge in [-0.3, -0.25) is 14.4 Å². The lowest BCUT2D eigenvalue weighted by Crippen LogP contribution is -2.31. The van der Waals surface area contributed by atoms with Gasteiger partial charge in [0.05, 0.1) is 25.8 Å². The Labute approximate surface area is 179 Å². The Hall–Kier alpha value is -3.81. The number of aliphatic hydroxyl groups excluding tert-OH is 1. The number of methoxy groups -OCH3 is 2. The van der Waals surface area contributed by atoms with Crippen LogP contribution in [0.2, 0.25) is 0 Å². The Morgan fingerprint density at radius 3 is 2.00 bits per heavy atom. The standard InChI is InChI=1S/C23H23NO7/c1-30-16-9-5-14(6-10-16)20-19(21(27)15-7-11-17(31-2)12-8-15)22(28)23(29)24(20)13-3-4-18(25)26/h5-12,20,27H,3-4,13H2,1-2H3,(H,25,26)/t20-/m1/s1. The van der Waals surface area contributed by atoms with Crippen LogP contribution in [0.25, 0.3) is 5.76 Å². The number of aliphatic carboxylic acids is 1. The molecule has 0 radical (unpaired) electrons. The highest BCUT2D eigenvalue weighted by molar-refractivity contribution is 6.46. The normalized spacial score (nSPS) is 17.6. The molecule has 8 nitrogen and oxygen atoms in total.